The molecule has 0 bridgehead atoms. The van der Waals surface area contributed by atoms with Gasteiger partial charge in [-0.15, -0.1) is 11.3 Å². The molecule has 3 aromatic rings. The van der Waals surface area contributed by atoms with Crippen LogP contribution in [-0.4, -0.2) is 16.1 Å². The SMILES string of the molecule is CCCC(C(=O)O)c1c(C)nc2sc3c(c2c1-c1cccc(Cl)c1)CC=CC=C3. The highest BCUT2D eigenvalue weighted by Crippen LogP contribution is 2.45. The van der Waals surface area contributed by atoms with Crippen molar-refractivity contribution in [1.29, 1.82) is 0 Å². The summed E-state index contributed by atoms with van der Waals surface area (Å²) in [5.41, 5.74) is 4.72. The molecule has 0 amide bonds. The van der Waals surface area contributed by atoms with E-state index in [0.717, 1.165) is 45.4 Å². The summed E-state index contributed by atoms with van der Waals surface area (Å²) in [6, 6.07) is 7.71. The van der Waals surface area contributed by atoms with Gasteiger partial charge in [0.1, 0.15) is 4.83 Å². The molecule has 0 saturated heterocycles. The lowest BCUT2D eigenvalue weighted by Crippen LogP contribution is -2.15. The molecular weight excluding hydrogens is 402 g/mol. The van der Waals surface area contributed by atoms with Gasteiger partial charge in [0.15, 0.2) is 0 Å². The fraction of sp³-hybridized carbons (Fsp3) is 0.250. The molecule has 5 heteroatoms. The third-order valence-electron chi connectivity index (χ3n) is 5.35. The molecule has 1 unspecified atom stereocenters. The molecule has 1 aliphatic rings. The first-order chi connectivity index (χ1) is 14.0. The second kappa shape index (κ2) is 8.13. The van der Waals surface area contributed by atoms with Crippen molar-refractivity contribution in [3.63, 3.8) is 0 Å². The lowest BCUT2D eigenvalue weighted by molar-refractivity contribution is -0.139. The number of pyridine rings is 1. The Hall–Kier alpha value is -2.43. The largest absolute Gasteiger partial charge is 0.481 e. The molecule has 0 saturated carbocycles. The van der Waals surface area contributed by atoms with Crippen LogP contribution in [0.2, 0.25) is 5.02 Å². The maximum atomic E-state index is 12.2. The highest BCUT2D eigenvalue weighted by Gasteiger charge is 2.29. The summed E-state index contributed by atoms with van der Waals surface area (Å²) in [5, 5.41) is 11.7. The van der Waals surface area contributed by atoms with Crippen LogP contribution in [0, 0.1) is 6.92 Å². The third-order valence-corrected chi connectivity index (χ3v) is 6.68. The van der Waals surface area contributed by atoms with E-state index in [1.165, 1.54) is 10.4 Å². The van der Waals surface area contributed by atoms with Crippen molar-refractivity contribution in [2.24, 2.45) is 0 Å². The molecule has 2 aromatic heterocycles. The van der Waals surface area contributed by atoms with Gasteiger partial charge in [0, 0.05) is 21.0 Å². The number of aryl methyl sites for hydroxylation is 1. The number of rotatable bonds is 5. The number of hydrogen-bond acceptors (Lipinski definition) is 3. The first-order valence-electron chi connectivity index (χ1n) is 9.79. The van der Waals surface area contributed by atoms with Crippen LogP contribution in [0.3, 0.4) is 0 Å². The predicted molar refractivity (Wildman–Crippen MR) is 122 cm³/mol. The molecule has 0 fully saturated rings. The Morgan fingerprint density at radius 2 is 2.17 bits per heavy atom. The Labute approximate surface area is 179 Å². The predicted octanol–water partition coefficient (Wildman–Crippen LogP) is 7.02. The summed E-state index contributed by atoms with van der Waals surface area (Å²) in [6.45, 7) is 3.94. The van der Waals surface area contributed by atoms with Gasteiger partial charge in [-0.3, -0.25) is 4.79 Å². The third kappa shape index (κ3) is 3.63. The highest BCUT2D eigenvalue weighted by molar-refractivity contribution is 7.19. The Morgan fingerprint density at radius 1 is 1.34 bits per heavy atom. The summed E-state index contributed by atoms with van der Waals surface area (Å²) >= 11 is 8.00. The summed E-state index contributed by atoms with van der Waals surface area (Å²) in [5.74, 6) is -1.40. The average molecular weight is 424 g/mol. The molecule has 4 rings (SSSR count). The lowest BCUT2D eigenvalue weighted by atomic mass is 9.84. The van der Waals surface area contributed by atoms with E-state index in [1.807, 2.05) is 44.2 Å². The van der Waals surface area contributed by atoms with Crippen LogP contribution >= 0.6 is 22.9 Å². The molecule has 0 aliphatic heterocycles. The number of benzene rings is 1. The van der Waals surface area contributed by atoms with E-state index < -0.39 is 11.9 Å². The van der Waals surface area contributed by atoms with Crippen LogP contribution in [-0.2, 0) is 11.2 Å². The lowest BCUT2D eigenvalue weighted by Gasteiger charge is -2.21. The van der Waals surface area contributed by atoms with E-state index in [4.69, 9.17) is 16.6 Å². The number of nitrogens with zero attached hydrogens (tertiary/aromatic N) is 1. The minimum absolute atomic E-state index is 0.572. The number of thiophene rings is 1. The monoisotopic (exact) mass is 423 g/mol. The van der Waals surface area contributed by atoms with Crippen molar-refractivity contribution in [1.82, 2.24) is 4.98 Å². The van der Waals surface area contributed by atoms with Crippen molar-refractivity contribution >= 4 is 45.2 Å². The van der Waals surface area contributed by atoms with Gasteiger partial charge in [-0.05, 0) is 60.2 Å². The molecule has 148 valence electrons. The van der Waals surface area contributed by atoms with Crippen LogP contribution in [0.5, 0.6) is 0 Å². The number of allylic oxidation sites excluding steroid dienone is 3. The number of carboxylic acid groups (broad SMARTS) is 1. The van der Waals surface area contributed by atoms with Crippen LogP contribution in [0.25, 0.3) is 27.4 Å². The minimum Gasteiger partial charge on any atom is -0.481 e. The van der Waals surface area contributed by atoms with E-state index >= 15 is 0 Å². The summed E-state index contributed by atoms with van der Waals surface area (Å²) in [6.07, 6.45) is 10.5. The zero-order valence-electron chi connectivity index (χ0n) is 16.4. The van der Waals surface area contributed by atoms with Gasteiger partial charge < -0.3 is 5.11 Å². The van der Waals surface area contributed by atoms with Gasteiger partial charge in [0.25, 0.3) is 0 Å². The Balaban J connectivity index is 2.14. The number of fused-ring (bicyclic) bond motifs is 3. The van der Waals surface area contributed by atoms with Gasteiger partial charge in [-0.2, -0.15) is 0 Å². The Kier molecular flexibility index (Phi) is 5.57. The average Bonchev–Trinajstić information content (AvgIpc) is 2.86. The Morgan fingerprint density at radius 3 is 2.90 bits per heavy atom. The zero-order valence-corrected chi connectivity index (χ0v) is 18.0. The molecule has 3 nitrogen and oxygen atoms in total. The molecule has 1 aliphatic carbocycles. The maximum Gasteiger partial charge on any atom is 0.311 e. The quantitative estimate of drug-likeness (QED) is 0.479. The number of halogens is 1. The number of carboxylic acids is 1. The fourth-order valence-corrected chi connectivity index (χ4v) is 5.49. The standard InChI is InChI=1S/C24H22ClNO2S/c1-3-8-18(24(27)28)20-14(2)26-23-22(17-11-5-4-6-12-19(17)29-23)21(20)15-9-7-10-16(25)13-15/h4-7,9-10,12-13,18H,3,8,11H2,1-2H3,(H,27,28). The smallest absolute Gasteiger partial charge is 0.311 e. The molecule has 0 radical (unpaired) electrons. The molecule has 1 atom stereocenters. The molecule has 0 spiro atoms. The fourth-order valence-electron chi connectivity index (χ4n) is 4.13. The number of aliphatic carboxylic acids is 1. The van der Waals surface area contributed by atoms with Crippen molar-refractivity contribution in [2.45, 2.75) is 39.0 Å². The van der Waals surface area contributed by atoms with Crippen molar-refractivity contribution in [2.75, 3.05) is 0 Å². The van der Waals surface area contributed by atoms with Gasteiger partial charge >= 0.3 is 5.97 Å². The van der Waals surface area contributed by atoms with E-state index in [1.54, 1.807) is 11.3 Å². The Bertz CT molecular complexity index is 1160. The number of aromatic nitrogens is 1. The maximum absolute atomic E-state index is 12.2. The van der Waals surface area contributed by atoms with Crippen LogP contribution in [0.4, 0.5) is 0 Å². The molecule has 1 N–H and O–H groups in total. The van der Waals surface area contributed by atoms with Gasteiger partial charge in [0.05, 0.1) is 5.92 Å². The first kappa shape index (κ1) is 19.9. The van der Waals surface area contributed by atoms with Crippen molar-refractivity contribution < 1.29 is 9.90 Å². The molecule has 1 aromatic carbocycles. The summed E-state index contributed by atoms with van der Waals surface area (Å²) in [4.78, 5) is 19.2. The first-order valence-corrected chi connectivity index (χ1v) is 11.0. The van der Waals surface area contributed by atoms with Gasteiger partial charge in [-0.1, -0.05) is 55.3 Å². The molecular formula is C24H22ClNO2S. The second-order valence-electron chi connectivity index (χ2n) is 7.29. The zero-order chi connectivity index (χ0) is 20.5. The highest BCUT2D eigenvalue weighted by atomic mass is 35.5. The van der Waals surface area contributed by atoms with E-state index in [9.17, 15) is 9.90 Å². The van der Waals surface area contributed by atoms with Crippen LogP contribution in [0.1, 0.15) is 47.4 Å². The second-order valence-corrected chi connectivity index (χ2v) is 8.76. The summed E-state index contributed by atoms with van der Waals surface area (Å²) < 4.78 is 0. The van der Waals surface area contributed by atoms with Crippen LogP contribution in [0.15, 0.2) is 42.5 Å². The topological polar surface area (TPSA) is 50.2 Å². The number of carbonyl (C=O) groups is 1. The van der Waals surface area contributed by atoms with Crippen molar-refractivity contribution in [3.8, 4) is 11.1 Å². The molecule has 29 heavy (non-hydrogen) atoms. The van der Waals surface area contributed by atoms with Gasteiger partial charge in [-0.25, -0.2) is 4.98 Å². The van der Waals surface area contributed by atoms with Crippen LogP contribution < -0.4 is 0 Å². The van der Waals surface area contributed by atoms with Gasteiger partial charge in [0.2, 0.25) is 0 Å². The van der Waals surface area contributed by atoms with E-state index in [-0.39, 0.29) is 0 Å². The molecule has 2 heterocycles. The van der Waals surface area contributed by atoms with E-state index in [2.05, 4.69) is 18.2 Å². The number of hydrogen-bond donors (Lipinski definition) is 1. The van der Waals surface area contributed by atoms with Crippen molar-refractivity contribution in [3.05, 3.63) is 69.2 Å². The summed E-state index contributed by atoms with van der Waals surface area (Å²) in [7, 11) is 0. The van der Waals surface area contributed by atoms with E-state index in [0.29, 0.717) is 11.4 Å². The normalized spacial score (nSPS) is 14.0. The minimum atomic E-state index is -0.805.